The highest BCUT2D eigenvalue weighted by atomic mass is 32.1. The van der Waals surface area contributed by atoms with Crippen LogP contribution in [0.4, 0.5) is 5.69 Å². The number of anilines is 1. The molecule has 29 heavy (non-hydrogen) atoms. The van der Waals surface area contributed by atoms with Crippen molar-refractivity contribution in [3.05, 3.63) is 58.4 Å². The molecule has 0 radical (unpaired) electrons. The average Bonchev–Trinajstić information content (AvgIpc) is 3.02. The summed E-state index contributed by atoms with van der Waals surface area (Å²) in [6, 6.07) is 13.4. The number of aromatic nitrogens is 1. The van der Waals surface area contributed by atoms with Gasteiger partial charge >= 0.3 is 5.97 Å². The molecule has 0 saturated carbocycles. The Hall–Kier alpha value is -2.93. The summed E-state index contributed by atoms with van der Waals surface area (Å²) in [7, 11) is 3.90. The van der Waals surface area contributed by atoms with E-state index in [0.717, 1.165) is 21.5 Å². The molecule has 0 aliphatic rings. The summed E-state index contributed by atoms with van der Waals surface area (Å²) in [5.41, 5.74) is 3.64. The van der Waals surface area contributed by atoms with Crippen LogP contribution in [0.3, 0.4) is 0 Å². The van der Waals surface area contributed by atoms with E-state index in [0.29, 0.717) is 23.5 Å². The number of hydrogen-bond acceptors (Lipinski definition) is 5. The van der Waals surface area contributed by atoms with Crippen LogP contribution in [0.5, 0.6) is 0 Å². The Morgan fingerprint density at radius 2 is 1.86 bits per heavy atom. The van der Waals surface area contributed by atoms with Gasteiger partial charge in [0.1, 0.15) is 0 Å². The standard InChI is InChI=1S/C22H25N3O3S/c1-5-28-20(26)12-13-25-18-11-6-15(2)14-19(18)29-22(25)23-21(27)16-7-9-17(10-8-16)24(3)4/h6-11,14H,5,12-13H2,1-4H3. The maximum Gasteiger partial charge on any atom is 0.307 e. The van der Waals surface area contributed by atoms with Crippen molar-refractivity contribution in [1.82, 2.24) is 4.57 Å². The van der Waals surface area contributed by atoms with E-state index in [-0.39, 0.29) is 18.3 Å². The van der Waals surface area contributed by atoms with Gasteiger partial charge in [0.2, 0.25) is 0 Å². The fourth-order valence-electron chi connectivity index (χ4n) is 2.97. The normalized spacial score (nSPS) is 11.7. The van der Waals surface area contributed by atoms with Gasteiger partial charge in [0.15, 0.2) is 4.80 Å². The van der Waals surface area contributed by atoms with Crippen molar-refractivity contribution in [2.24, 2.45) is 4.99 Å². The Balaban J connectivity index is 1.98. The van der Waals surface area contributed by atoms with Crippen LogP contribution in [0.15, 0.2) is 47.5 Å². The van der Waals surface area contributed by atoms with E-state index >= 15 is 0 Å². The maximum atomic E-state index is 12.8. The number of rotatable bonds is 6. The first kappa shape index (κ1) is 20.8. The van der Waals surface area contributed by atoms with Gasteiger partial charge in [0.25, 0.3) is 5.91 Å². The van der Waals surface area contributed by atoms with Crippen LogP contribution in [-0.4, -0.2) is 37.1 Å². The minimum absolute atomic E-state index is 0.229. The number of carbonyl (C=O) groups is 2. The van der Waals surface area contributed by atoms with E-state index in [1.54, 1.807) is 19.1 Å². The number of hydrogen-bond donors (Lipinski definition) is 0. The van der Waals surface area contributed by atoms with Gasteiger partial charge in [-0.15, -0.1) is 0 Å². The number of nitrogens with zero attached hydrogens (tertiary/aromatic N) is 3. The summed E-state index contributed by atoms with van der Waals surface area (Å²) in [6.45, 7) is 4.57. The van der Waals surface area contributed by atoms with Crippen LogP contribution in [-0.2, 0) is 16.1 Å². The molecular formula is C22H25N3O3S. The first-order valence-electron chi connectivity index (χ1n) is 9.51. The molecule has 3 rings (SSSR count). The molecule has 0 bridgehead atoms. The molecule has 0 fully saturated rings. The average molecular weight is 412 g/mol. The molecule has 0 spiro atoms. The van der Waals surface area contributed by atoms with Gasteiger partial charge in [-0.05, 0) is 55.8 Å². The fourth-order valence-corrected chi connectivity index (χ4v) is 4.12. The topological polar surface area (TPSA) is 63.9 Å². The zero-order chi connectivity index (χ0) is 21.0. The Morgan fingerprint density at radius 1 is 1.14 bits per heavy atom. The second kappa shape index (κ2) is 9.05. The Bertz CT molecular complexity index is 1090. The van der Waals surface area contributed by atoms with Gasteiger partial charge in [-0.25, -0.2) is 0 Å². The molecule has 0 saturated heterocycles. The first-order chi connectivity index (χ1) is 13.9. The van der Waals surface area contributed by atoms with E-state index in [2.05, 4.69) is 11.1 Å². The molecule has 1 aromatic heterocycles. The molecule has 0 unspecified atom stereocenters. The Kier molecular flexibility index (Phi) is 6.49. The Labute approximate surface area is 174 Å². The third kappa shape index (κ3) is 4.92. The van der Waals surface area contributed by atoms with Gasteiger partial charge in [-0.1, -0.05) is 17.4 Å². The van der Waals surface area contributed by atoms with Crippen LogP contribution in [0, 0.1) is 6.92 Å². The van der Waals surface area contributed by atoms with E-state index < -0.39 is 0 Å². The highest BCUT2D eigenvalue weighted by molar-refractivity contribution is 7.16. The molecule has 6 nitrogen and oxygen atoms in total. The second-order valence-electron chi connectivity index (χ2n) is 6.92. The van der Waals surface area contributed by atoms with Crippen molar-refractivity contribution in [3.63, 3.8) is 0 Å². The predicted molar refractivity (Wildman–Crippen MR) is 116 cm³/mol. The minimum atomic E-state index is -0.302. The van der Waals surface area contributed by atoms with Crippen molar-refractivity contribution in [1.29, 1.82) is 0 Å². The SMILES string of the molecule is CCOC(=O)CCn1c(=NC(=O)c2ccc(N(C)C)cc2)sc2cc(C)ccc21. The molecular weight excluding hydrogens is 386 g/mol. The molecule has 3 aromatic rings. The van der Waals surface area contributed by atoms with Crippen LogP contribution in [0.25, 0.3) is 10.2 Å². The lowest BCUT2D eigenvalue weighted by Crippen LogP contribution is -2.19. The zero-order valence-electron chi connectivity index (χ0n) is 17.1. The number of ether oxygens (including phenoxy) is 1. The minimum Gasteiger partial charge on any atom is -0.466 e. The zero-order valence-corrected chi connectivity index (χ0v) is 18.0. The summed E-state index contributed by atoms with van der Waals surface area (Å²) >= 11 is 1.45. The van der Waals surface area contributed by atoms with Crippen molar-refractivity contribution >= 4 is 39.1 Å². The molecule has 1 amide bonds. The molecule has 0 aliphatic carbocycles. The quantitative estimate of drug-likeness (QED) is 0.579. The van der Waals surface area contributed by atoms with Crippen LogP contribution in [0.1, 0.15) is 29.3 Å². The summed E-state index contributed by atoms with van der Waals surface area (Å²) in [5, 5.41) is 0. The smallest absolute Gasteiger partial charge is 0.307 e. The maximum absolute atomic E-state index is 12.8. The second-order valence-corrected chi connectivity index (χ2v) is 7.93. The number of aryl methyl sites for hydroxylation is 2. The summed E-state index contributed by atoms with van der Waals surface area (Å²) in [5.74, 6) is -0.563. The molecule has 0 aliphatic heterocycles. The molecule has 7 heteroatoms. The van der Waals surface area contributed by atoms with E-state index in [1.165, 1.54) is 11.3 Å². The van der Waals surface area contributed by atoms with Crippen LogP contribution in [0.2, 0.25) is 0 Å². The number of esters is 1. The van der Waals surface area contributed by atoms with E-state index in [4.69, 9.17) is 4.74 Å². The number of thiazole rings is 1. The lowest BCUT2D eigenvalue weighted by atomic mass is 10.2. The van der Waals surface area contributed by atoms with Gasteiger partial charge in [0.05, 0.1) is 23.2 Å². The molecule has 0 atom stereocenters. The third-order valence-corrected chi connectivity index (χ3v) is 5.55. The monoisotopic (exact) mass is 411 g/mol. The van der Waals surface area contributed by atoms with Crippen molar-refractivity contribution in [2.75, 3.05) is 25.6 Å². The fraction of sp³-hybridized carbons (Fsp3) is 0.318. The molecule has 1 heterocycles. The van der Waals surface area contributed by atoms with Crippen molar-refractivity contribution in [3.8, 4) is 0 Å². The summed E-state index contributed by atoms with van der Waals surface area (Å²) in [6.07, 6.45) is 0.229. The van der Waals surface area contributed by atoms with E-state index in [1.807, 2.05) is 54.8 Å². The Morgan fingerprint density at radius 3 is 2.52 bits per heavy atom. The number of amides is 1. The number of carbonyl (C=O) groups excluding carboxylic acids is 2. The molecule has 0 N–H and O–H groups in total. The van der Waals surface area contributed by atoms with Gasteiger partial charge in [0, 0.05) is 31.9 Å². The third-order valence-electron chi connectivity index (χ3n) is 4.51. The lowest BCUT2D eigenvalue weighted by molar-refractivity contribution is -0.143. The van der Waals surface area contributed by atoms with Gasteiger partial charge in [-0.3, -0.25) is 9.59 Å². The summed E-state index contributed by atoms with van der Waals surface area (Å²) in [4.78, 5) is 31.5. The number of benzene rings is 2. The van der Waals surface area contributed by atoms with E-state index in [9.17, 15) is 9.59 Å². The largest absolute Gasteiger partial charge is 0.466 e. The predicted octanol–water partition coefficient (Wildman–Crippen LogP) is 3.77. The van der Waals surface area contributed by atoms with Crippen molar-refractivity contribution < 1.29 is 14.3 Å². The molecule has 152 valence electrons. The van der Waals surface area contributed by atoms with Crippen molar-refractivity contribution in [2.45, 2.75) is 26.8 Å². The first-order valence-corrected chi connectivity index (χ1v) is 10.3. The lowest BCUT2D eigenvalue weighted by Gasteiger charge is -2.11. The van der Waals surface area contributed by atoms with Crippen LogP contribution < -0.4 is 9.70 Å². The number of fused-ring (bicyclic) bond motifs is 1. The van der Waals surface area contributed by atoms with Gasteiger partial charge < -0.3 is 14.2 Å². The van der Waals surface area contributed by atoms with Gasteiger partial charge in [-0.2, -0.15) is 4.99 Å². The highest BCUT2D eigenvalue weighted by Gasteiger charge is 2.12. The van der Waals surface area contributed by atoms with Crippen LogP contribution >= 0.6 is 11.3 Å². The highest BCUT2D eigenvalue weighted by Crippen LogP contribution is 2.20. The summed E-state index contributed by atoms with van der Waals surface area (Å²) < 4.78 is 7.99. The molecule has 2 aromatic carbocycles.